The van der Waals surface area contributed by atoms with Crippen LogP contribution >= 0.6 is 23.2 Å². The molecule has 0 spiro atoms. The van der Waals surface area contributed by atoms with Crippen LogP contribution in [-0.2, 0) is 0 Å². The molecule has 0 fully saturated rings. The Kier molecular flexibility index (Phi) is 3.86. The summed E-state index contributed by atoms with van der Waals surface area (Å²) in [6, 6.07) is 0. The first kappa shape index (κ1) is 9.88. The van der Waals surface area contributed by atoms with Crippen molar-refractivity contribution in [3.8, 4) is 0 Å². The van der Waals surface area contributed by atoms with Crippen molar-refractivity contribution >= 4 is 28.4 Å². The van der Waals surface area contributed by atoms with Crippen LogP contribution in [0.15, 0.2) is 17.6 Å². The highest BCUT2D eigenvalue weighted by molar-refractivity contribution is 6.68. The zero-order valence-corrected chi connectivity index (χ0v) is 6.53. The minimum atomic E-state index is -2.82. The molecule has 10 heavy (non-hydrogen) atoms. The van der Waals surface area contributed by atoms with Gasteiger partial charge in [0.1, 0.15) is 11.7 Å². The van der Waals surface area contributed by atoms with Gasteiger partial charge in [0, 0.05) is 0 Å². The number of hydrogen-bond donors (Lipinski definition) is 1. The Labute approximate surface area is 68.0 Å². The van der Waals surface area contributed by atoms with Crippen LogP contribution in [-0.4, -0.2) is 22.1 Å². The lowest BCUT2D eigenvalue weighted by molar-refractivity contribution is 0.00492. The van der Waals surface area contributed by atoms with Crippen LogP contribution in [0.3, 0.4) is 0 Å². The molecule has 0 aliphatic heterocycles. The summed E-state index contributed by atoms with van der Waals surface area (Å²) in [6.07, 6.45) is 1.21. The summed E-state index contributed by atoms with van der Waals surface area (Å²) in [6.45, 7) is 2.65. The second-order valence-electron chi connectivity index (χ2n) is 1.51. The van der Waals surface area contributed by atoms with Crippen molar-refractivity contribution in [1.29, 1.82) is 0 Å². The molecular weight excluding hydrogens is 180 g/mol. The average molecular weight is 186 g/mol. The lowest BCUT2D eigenvalue weighted by atomic mass is 10.6. The largest absolute Gasteiger partial charge is 0.348 e. The van der Waals surface area contributed by atoms with E-state index in [1.807, 2.05) is 0 Å². The van der Waals surface area contributed by atoms with Crippen LogP contribution in [0.4, 0.5) is 4.39 Å². The standard InChI is InChI=1S/C5H6Cl2FNO/c1-2-4(6)9-3-5(7,8)10/h2,10H,1,3H2. The Morgan fingerprint density at radius 3 is 2.70 bits per heavy atom. The van der Waals surface area contributed by atoms with Crippen LogP contribution < -0.4 is 0 Å². The van der Waals surface area contributed by atoms with Crippen molar-refractivity contribution in [2.75, 3.05) is 6.54 Å². The molecule has 1 unspecified atom stereocenters. The van der Waals surface area contributed by atoms with Crippen LogP contribution in [0.5, 0.6) is 0 Å². The summed E-state index contributed by atoms with van der Waals surface area (Å²) in [4.78, 5) is 3.32. The molecule has 0 amide bonds. The first-order valence-electron chi connectivity index (χ1n) is 2.38. The van der Waals surface area contributed by atoms with Gasteiger partial charge in [-0.25, -0.2) is 0 Å². The Balaban J connectivity index is 3.84. The molecular formula is C5H6Cl2FNO. The predicted molar refractivity (Wildman–Crippen MR) is 40.3 cm³/mol. The lowest BCUT2D eigenvalue weighted by Gasteiger charge is -2.04. The van der Waals surface area contributed by atoms with E-state index in [1.54, 1.807) is 0 Å². The molecule has 0 saturated heterocycles. The zero-order valence-electron chi connectivity index (χ0n) is 5.02. The average Bonchev–Trinajstić information content (AvgIpc) is 1.81. The Morgan fingerprint density at radius 1 is 1.90 bits per heavy atom. The maximum Gasteiger partial charge on any atom is 0.303 e. The van der Waals surface area contributed by atoms with Gasteiger partial charge in [0.25, 0.3) is 0 Å². The van der Waals surface area contributed by atoms with Gasteiger partial charge in [0.2, 0.25) is 0 Å². The summed E-state index contributed by atoms with van der Waals surface area (Å²) >= 11 is 9.99. The van der Waals surface area contributed by atoms with Crippen LogP contribution in [0.25, 0.3) is 0 Å². The molecule has 0 aromatic rings. The first-order valence-corrected chi connectivity index (χ1v) is 3.14. The maximum atomic E-state index is 12.0. The van der Waals surface area contributed by atoms with Gasteiger partial charge in [-0.05, 0) is 6.08 Å². The normalized spacial score (nSPS) is 18.2. The van der Waals surface area contributed by atoms with Gasteiger partial charge < -0.3 is 5.11 Å². The van der Waals surface area contributed by atoms with E-state index in [-0.39, 0.29) is 5.17 Å². The highest BCUT2D eigenvalue weighted by Gasteiger charge is 2.20. The second-order valence-corrected chi connectivity index (χ2v) is 2.48. The van der Waals surface area contributed by atoms with Crippen molar-refractivity contribution < 1.29 is 9.50 Å². The van der Waals surface area contributed by atoms with E-state index in [2.05, 4.69) is 11.6 Å². The lowest BCUT2D eigenvalue weighted by Crippen LogP contribution is -2.17. The van der Waals surface area contributed by atoms with Crippen molar-refractivity contribution in [3.05, 3.63) is 12.7 Å². The third-order valence-corrected chi connectivity index (χ3v) is 0.982. The summed E-state index contributed by atoms with van der Waals surface area (Å²) in [5.41, 5.74) is 0. The molecule has 2 nitrogen and oxygen atoms in total. The number of nitrogens with zero attached hydrogens (tertiary/aromatic N) is 1. The van der Waals surface area contributed by atoms with Gasteiger partial charge in [-0.1, -0.05) is 29.8 Å². The minimum absolute atomic E-state index is 0.0109. The third-order valence-electron chi connectivity index (χ3n) is 0.589. The van der Waals surface area contributed by atoms with E-state index >= 15 is 0 Å². The van der Waals surface area contributed by atoms with E-state index in [1.165, 1.54) is 6.08 Å². The van der Waals surface area contributed by atoms with Gasteiger partial charge in [-0.2, -0.15) is 4.39 Å². The molecule has 1 N–H and O–H groups in total. The molecule has 0 heterocycles. The number of allylic oxidation sites excluding steroid dienone is 1. The molecule has 5 heteroatoms. The Hall–Kier alpha value is -0.120. The topological polar surface area (TPSA) is 32.6 Å². The minimum Gasteiger partial charge on any atom is -0.348 e. The monoisotopic (exact) mass is 185 g/mol. The van der Waals surface area contributed by atoms with Gasteiger partial charge in [-0.3, -0.25) is 4.99 Å². The maximum absolute atomic E-state index is 12.0. The molecule has 58 valence electrons. The third kappa shape index (κ3) is 6.01. The Morgan fingerprint density at radius 2 is 2.40 bits per heavy atom. The summed E-state index contributed by atoms with van der Waals surface area (Å²) < 4.78 is 12.0. The van der Waals surface area contributed by atoms with Gasteiger partial charge in [0.05, 0.1) is 0 Å². The summed E-state index contributed by atoms with van der Waals surface area (Å²) in [5.74, 6) is 0. The van der Waals surface area contributed by atoms with E-state index < -0.39 is 11.9 Å². The fourth-order valence-electron chi connectivity index (χ4n) is 0.235. The smallest absolute Gasteiger partial charge is 0.303 e. The van der Waals surface area contributed by atoms with Crippen LogP contribution in [0.2, 0.25) is 0 Å². The fraction of sp³-hybridized carbons (Fsp3) is 0.400. The fourth-order valence-corrected chi connectivity index (χ4v) is 0.355. The molecule has 0 rings (SSSR count). The summed E-state index contributed by atoms with van der Waals surface area (Å²) in [7, 11) is 0. The number of alkyl halides is 2. The number of aliphatic hydroxyl groups is 1. The van der Waals surface area contributed by atoms with Crippen LogP contribution in [0.1, 0.15) is 0 Å². The number of aliphatic imine (C=N–C) groups is 1. The van der Waals surface area contributed by atoms with Crippen molar-refractivity contribution in [3.63, 3.8) is 0 Å². The molecule has 1 atom stereocenters. The zero-order chi connectivity index (χ0) is 8.20. The van der Waals surface area contributed by atoms with Gasteiger partial charge in [0.15, 0.2) is 0 Å². The number of halogens is 3. The number of rotatable bonds is 3. The quantitative estimate of drug-likeness (QED) is 0.527. The molecule has 0 aromatic heterocycles. The second kappa shape index (κ2) is 3.91. The van der Waals surface area contributed by atoms with E-state index in [0.29, 0.717) is 0 Å². The molecule has 0 aromatic carbocycles. The molecule has 0 aliphatic rings. The molecule has 0 aliphatic carbocycles. The van der Waals surface area contributed by atoms with E-state index in [0.717, 1.165) is 0 Å². The van der Waals surface area contributed by atoms with Crippen molar-refractivity contribution in [2.45, 2.75) is 5.31 Å². The van der Waals surface area contributed by atoms with Crippen molar-refractivity contribution in [2.24, 2.45) is 4.99 Å². The van der Waals surface area contributed by atoms with Gasteiger partial charge >= 0.3 is 5.31 Å². The van der Waals surface area contributed by atoms with E-state index in [9.17, 15) is 4.39 Å². The Bertz CT molecular complexity index is 152. The molecule has 0 radical (unpaired) electrons. The molecule has 0 bridgehead atoms. The SMILES string of the molecule is C=CC(Cl)=NCC(O)(F)Cl. The van der Waals surface area contributed by atoms with Gasteiger partial charge in [-0.15, -0.1) is 0 Å². The van der Waals surface area contributed by atoms with Crippen LogP contribution in [0, 0.1) is 0 Å². The highest BCUT2D eigenvalue weighted by Crippen LogP contribution is 2.12. The predicted octanol–water partition coefficient (Wildman–Crippen LogP) is 1.66. The summed E-state index contributed by atoms with van der Waals surface area (Å²) in [5, 5.41) is 5.46. The van der Waals surface area contributed by atoms with Crippen molar-refractivity contribution in [1.82, 2.24) is 0 Å². The molecule has 0 saturated carbocycles. The first-order chi connectivity index (χ1) is 4.45. The van der Waals surface area contributed by atoms with E-state index in [4.69, 9.17) is 28.3 Å². The number of hydrogen-bond acceptors (Lipinski definition) is 2. The highest BCUT2D eigenvalue weighted by atomic mass is 35.5.